The Morgan fingerprint density at radius 2 is 1.65 bits per heavy atom. The fourth-order valence-corrected chi connectivity index (χ4v) is 4.54. The number of carbonyl (C=O) groups excluding carboxylic acids is 1. The second-order valence-corrected chi connectivity index (χ2v) is 10.0. The standard InChI is InChI=1S/C26H30N2O5S/c1-19(2)33-18-21-9-7-8-20(16-21)17-27-26(29)22-12-14-23(15-13-22)34(30,31)28(3)24-10-5-6-11-25(24)32-4/h5-16,19H,17-18H2,1-4H3,(H,27,29). The Kier molecular flexibility index (Phi) is 8.31. The SMILES string of the molecule is COc1ccccc1N(C)S(=O)(=O)c1ccc(C(=O)NCc2cccc(COC(C)C)c2)cc1. The number of hydrogen-bond donors (Lipinski definition) is 1. The van der Waals surface area contributed by atoms with Gasteiger partial charge in [-0.05, 0) is 61.4 Å². The number of rotatable bonds is 10. The van der Waals surface area contributed by atoms with Crippen LogP contribution in [0.3, 0.4) is 0 Å². The molecule has 8 heteroatoms. The number of methoxy groups -OCH3 is 1. The molecule has 0 atom stereocenters. The number of para-hydroxylation sites is 2. The molecule has 0 aliphatic carbocycles. The average Bonchev–Trinajstić information content (AvgIpc) is 2.85. The Morgan fingerprint density at radius 3 is 2.32 bits per heavy atom. The number of amides is 1. The summed E-state index contributed by atoms with van der Waals surface area (Å²) in [6, 6.07) is 20.6. The quantitative estimate of drug-likeness (QED) is 0.464. The Morgan fingerprint density at radius 1 is 0.971 bits per heavy atom. The third-order valence-corrected chi connectivity index (χ3v) is 7.01. The predicted molar refractivity (Wildman–Crippen MR) is 133 cm³/mol. The average molecular weight is 483 g/mol. The zero-order valence-corrected chi connectivity index (χ0v) is 20.6. The van der Waals surface area contributed by atoms with Crippen molar-refractivity contribution in [3.8, 4) is 5.75 Å². The van der Waals surface area contributed by atoms with Crippen molar-refractivity contribution in [3.05, 3.63) is 89.5 Å². The van der Waals surface area contributed by atoms with Gasteiger partial charge in [0.15, 0.2) is 0 Å². The molecule has 1 amide bonds. The van der Waals surface area contributed by atoms with E-state index in [1.165, 1.54) is 38.4 Å². The third kappa shape index (κ3) is 6.15. The number of sulfonamides is 1. The molecule has 3 rings (SSSR count). The van der Waals surface area contributed by atoms with Gasteiger partial charge >= 0.3 is 0 Å². The zero-order valence-electron chi connectivity index (χ0n) is 19.8. The molecule has 7 nitrogen and oxygen atoms in total. The topological polar surface area (TPSA) is 84.9 Å². The molecule has 0 aliphatic heterocycles. The Labute approximate surface area is 201 Å². The third-order valence-electron chi connectivity index (χ3n) is 5.23. The summed E-state index contributed by atoms with van der Waals surface area (Å²) in [6.45, 7) is 4.83. The van der Waals surface area contributed by atoms with E-state index in [4.69, 9.17) is 9.47 Å². The van der Waals surface area contributed by atoms with Crippen LogP contribution in [0.15, 0.2) is 77.7 Å². The molecule has 3 aromatic rings. The van der Waals surface area contributed by atoms with E-state index in [0.29, 0.717) is 30.2 Å². The van der Waals surface area contributed by atoms with Crippen LogP contribution in [0.5, 0.6) is 5.75 Å². The molecule has 0 spiro atoms. The van der Waals surface area contributed by atoms with E-state index in [0.717, 1.165) is 15.4 Å². The van der Waals surface area contributed by atoms with Gasteiger partial charge in [0.1, 0.15) is 5.75 Å². The summed E-state index contributed by atoms with van der Waals surface area (Å²) < 4.78 is 38.2. The lowest BCUT2D eigenvalue weighted by Crippen LogP contribution is -2.27. The first-order chi connectivity index (χ1) is 16.2. The summed E-state index contributed by atoms with van der Waals surface area (Å²) in [5.74, 6) is 0.162. The molecule has 180 valence electrons. The zero-order chi connectivity index (χ0) is 24.7. The minimum Gasteiger partial charge on any atom is -0.495 e. The lowest BCUT2D eigenvalue weighted by molar-refractivity contribution is 0.0657. The summed E-state index contributed by atoms with van der Waals surface area (Å²) in [5, 5.41) is 2.87. The van der Waals surface area contributed by atoms with Crippen LogP contribution in [-0.4, -0.2) is 34.6 Å². The largest absolute Gasteiger partial charge is 0.495 e. The molecular formula is C26H30N2O5S. The van der Waals surface area contributed by atoms with Crippen LogP contribution >= 0.6 is 0 Å². The maximum absolute atomic E-state index is 13.1. The fourth-order valence-electron chi connectivity index (χ4n) is 3.33. The predicted octanol–water partition coefficient (Wildman–Crippen LogP) is 4.38. The van der Waals surface area contributed by atoms with Crippen LogP contribution in [0.25, 0.3) is 0 Å². The van der Waals surface area contributed by atoms with Gasteiger partial charge in [0, 0.05) is 19.2 Å². The summed E-state index contributed by atoms with van der Waals surface area (Å²) in [6.07, 6.45) is 0.143. The number of hydrogen-bond acceptors (Lipinski definition) is 5. The van der Waals surface area contributed by atoms with Crippen LogP contribution in [0.2, 0.25) is 0 Å². The van der Waals surface area contributed by atoms with Gasteiger partial charge in [0.25, 0.3) is 15.9 Å². The van der Waals surface area contributed by atoms with Crippen LogP contribution in [0.1, 0.15) is 35.3 Å². The van der Waals surface area contributed by atoms with E-state index in [1.54, 1.807) is 24.3 Å². The highest BCUT2D eigenvalue weighted by Gasteiger charge is 2.24. The molecule has 0 aliphatic rings. The van der Waals surface area contributed by atoms with E-state index in [9.17, 15) is 13.2 Å². The lowest BCUT2D eigenvalue weighted by atomic mass is 10.1. The number of nitrogens with zero attached hydrogens (tertiary/aromatic N) is 1. The minimum absolute atomic E-state index is 0.0790. The van der Waals surface area contributed by atoms with Crippen LogP contribution in [-0.2, 0) is 27.9 Å². The second-order valence-electron chi connectivity index (χ2n) is 8.03. The van der Waals surface area contributed by atoms with E-state index in [2.05, 4.69) is 5.32 Å². The van der Waals surface area contributed by atoms with E-state index in [1.807, 2.05) is 38.1 Å². The van der Waals surface area contributed by atoms with E-state index >= 15 is 0 Å². The normalized spacial score (nSPS) is 11.3. The molecule has 1 N–H and O–H groups in total. The molecule has 3 aromatic carbocycles. The van der Waals surface area contributed by atoms with Crippen LogP contribution in [0, 0.1) is 0 Å². The molecule has 0 saturated carbocycles. The summed E-state index contributed by atoms with van der Waals surface area (Å²) in [4.78, 5) is 12.7. The monoisotopic (exact) mass is 482 g/mol. The first-order valence-corrected chi connectivity index (χ1v) is 12.4. The van der Waals surface area contributed by atoms with E-state index in [-0.39, 0.29) is 16.9 Å². The second kappa shape index (κ2) is 11.2. The van der Waals surface area contributed by atoms with Gasteiger partial charge in [-0.15, -0.1) is 0 Å². The molecule has 0 heterocycles. The molecule has 0 fully saturated rings. The molecule has 34 heavy (non-hydrogen) atoms. The maximum Gasteiger partial charge on any atom is 0.264 e. The van der Waals surface area contributed by atoms with E-state index < -0.39 is 10.0 Å². The van der Waals surface area contributed by atoms with Gasteiger partial charge in [-0.1, -0.05) is 36.4 Å². The van der Waals surface area contributed by atoms with Crippen molar-refractivity contribution < 1.29 is 22.7 Å². The Hall–Kier alpha value is -3.36. The number of ether oxygens (including phenoxy) is 2. The smallest absolute Gasteiger partial charge is 0.264 e. The van der Waals surface area contributed by atoms with Crippen LogP contribution in [0.4, 0.5) is 5.69 Å². The molecule has 0 unspecified atom stereocenters. The Bertz CT molecular complexity index is 1220. The molecule has 0 saturated heterocycles. The number of anilines is 1. The molecular weight excluding hydrogens is 452 g/mol. The highest BCUT2D eigenvalue weighted by atomic mass is 32.2. The first kappa shape index (κ1) is 25.3. The number of nitrogens with one attached hydrogen (secondary N) is 1. The number of benzene rings is 3. The van der Waals surface area contributed by atoms with Crippen molar-refractivity contribution >= 4 is 21.6 Å². The van der Waals surface area contributed by atoms with Gasteiger partial charge in [-0.25, -0.2) is 8.42 Å². The summed E-state index contributed by atoms with van der Waals surface area (Å²) >= 11 is 0. The van der Waals surface area contributed by atoms with Gasteiger partial charge < -0.3 is 14.8 Å². The minimum atomic E-state index is -3.83. The molecule has 0 bridgehead atoms. The van der Waals surface area contributed by atoms with Crippen molar-refractivity contribution in [2.45, 2.75) is 38.0 Å². The van der Waals surface area contributed by atoms with Crippen LogP contribution < -0.4 is 14.4 Å². The lowest BCUT2D eigenvalue weighted by Gasteiger charge is -2.21. The first-order valence-electron chi connectivity index (χ1n) is 10.9. The van der Waals surface area contributed by atoms with Crippen molar-refractivity contribution in [2.24, 2.45) is 0 Å². The molecule has 0 aromatic heterocycles. The van der Waals surface area contributed by atoms with Crippen molar-refractivity contribution in [1.29, 1.82) is 0 Å². The highest BCUT2D eigenvalue weighted by molar-refractivity contribution is 7.92. The highest BCUT2D eigenvalue weighted by Crippen LogP contribution is 2.30. The summed E-state index contributed by atoms with van der Waals surface area (Å²) in [5.41, 5.74) is 2.79. The van der Waals surface area contributed by atoms with Gasteiger partial charge in [-0.3, -0.25) is 9.10 Å². The maximum atomic E-state index is 13.1. The van der Waals surface area contributed by atoms with Gasteiger partial charge in [-0.2, -0.15) is 0 Å². The van der Waals surface area contributed by atoms with Gasteiger partial charge in [0.05, 0.1) is 30.4 Å². The fraction of sp³-hybridized carbons (Fsp3) is 0.269. The van der Waals surface area contributed by atoms with Crippen molar-refractivity contribution in [3.63, 3.8) is 0 Å². The van der Waals surface area contributed by atoms with Gasteiger partial charge in [0.2, 0.25) is 0 Å². The summed E-state index contributed by atoms with van der Waals surface area (Å²) in [7, 11) is -0.874. The van der Waals surface area contributed by atoms with Crippen molar-refractivity contribution in [1.82, 2.24) is 5.32 Å². The molecule has 0 radical (unpaired) electrons. The number of carbonyl (C=O) groups is 1. The Balaban J connectivity index is 1.67. The van der Waals surface area contributed by atoms with Crippen molar-refractivity contribution in [2.75, 3.05) is 18.5 Å².